The monoisotopic (exact) mass is 406 g/mol. The van der Waals surface area contributed by atoms with E-state index in [1.165, 1.54) is 22.2 Å². The zero-order valence-electron chi connectivity index (χ0n) is 18.0. The summed E-state index contributed by atoms with van der Waals surface area (Å²) in [6.07, 6.45) is 10.8. The van der Waals surface area contributed by atoms with Crippen LogP contribution in [0, 0.1) is 19.8 Å². The van der Waals surface area contributed by atoms with Gasteiger partial charge in [-0.2, -0.15) is 0 Å². The van der Waals surface area contributed by atoms with Crippen LogP contribution in [0.3, 0.4) is 0 Å². The number of aryl methyl sites for hydroxylation is 2. The molecule has 2 aromatic heterocycles. The highest BCUT2D eigenvalue weighted by Gasteiger charge is 2.31. The molecule has 0 saturated carbocycles. The molecule has 3 atom stereocenters. The first-order valence-corrected chi connectivity index (χ1v) is 10.9. The quantitative estimate of drug-likeness (QED) is 0.840. The number of hydrogen-bond acceptors (Lipinski definition) is 6. The molecule has 3 aliphatic rings. The number of aromatic nitrogens is 2. The van der Waals surface area contributed by atoms with Crippen molar-refractivity contribution in [2.24, 2.45) is 5.92 Å². The van der Waals surface area contributed by atoms with E-state index in [0.29, 0.717) is 12.0 Å². The summed E-state index contributed by atoms with van der Waals surface area (Å²) >= 11 is 0. The van der Waals surface area contributed by atoms with Gasteiger partial charge in [-0.1, -0.05) is 6.08 Å². The summed E-state index contributed by atoms with van der Waals surface area (Å²) < 4.78 is 11.3. The molecule has 0 aromatic carbocycles. The van der Waals surface area contributed by atoms with Crippen molar-refractivity contribution in [1.29, 1.82) is 0 Å². The second-order valence-corrected chi connectivity index (χ2v) is 8.71. The zero-order valence-corrected chi connectivity index (χ0v) is 18.0. The van der Waals surface area contributed by atoms with Gasteiger partial charge < -0.3 is 19.7 Å². The number of allylic oxidation sites excluding steroid dienone is 1. The molecular formula is C24H30N4O2. The fourth-order valence-electron chi connectivity index (χ4n) is 4.80. The summed E-state index contributed by atoms with van der Waals surface area (Å²) in [4.78, 5) is 11.5. The summed E-state index contributed by atoms with van der Waals surface area (Å²) in [6, 6.07) is 2.69. The number of pyridine rings is 2. The normalized spacial score (nSPS) is 26.8. The molecule has 0 spiro atoms. The first-order valence-electron chi connectivity index (χ1n) is 10.9. The minimum Gasteiger partial charge on any atom is -0.381 e. The van der Waals surface area contributed by atoms with Gasteiger partial charge in [-0.25, -0.2) is 0 Å². The van der Waals surface area contributed by atoms with Gasteiger partial charge in [0.05, 0.1) is 31.0 Å². The van der Waals surface area contributed by atoms with Crippen LogP contribution in [0.25, 0.3) is 10.8 Å². The standard InChI is InChI=1S/C24H30N4O2/c1-15-8-20-21(10-25-15)16(2)26-11-22(20)24-9-19(17-4-6-29-13-17)23(12-28(24)3)27-18-5-7-30-14-18/h8-12,17-18,24,27H,4-7,13-14H2,1-3H3. The van der Waals surface area contributed by atoms with Crippen molar-refractivity contribution in [3.8, 4) is 0 Å². The predicted molar refractivity (Wildman–Crippen MR) is 117 cm³/mol. The van der Waals surface area contributed by atoms with Crippen molar-refractivity contribution in [2.75, 3.05) is 33.5 Å². The molecule has 1 N–H and O–H groups in total. The lowest BCUT2D eigenvalue weighted by atomic mass is 9.88. The predicted octanol–water partition coefficient (Wildman–Crippen LogP) is 3.42. The van der Waals surface area contributed by atoms with E-state index in [-0.39, 0.29) is 6.04 Å². The smallest absolute Gasteiger partial charge is 0.0746 e. The first-order chi connectivity index (χ1) is 14.6. The highest BCUT2D eigenvalue weighted by Crippen LogP contribution is 2.38. The fraction of sp³-hybridized carbons (Fsp3) is 0.500. The molecule has 6 nitrogen and oxygen atoms in total. The maximum Gasteiger partial charge on any atom is 0.0746 e. The van der Waals surface area contributed by atoms with Crippen LogP contribution in [0.1, 0.15) is 35.8 Å². The SMILES string of the molecule is Cc1cc2c(C3C=C(C4CCOC4)C(NC4CCOC4)=CN3C)cnc(C)c2cn1. The number of rotatable bonds is 4. The lowest BCUT2D eigenvalue weighted by molar-refractivity contribution is 0.188. The van der Waals surface area contributed by atoms with E-state index in [9.17, 15) is 0 Å². The molecule has 5 heterocycles. The number of nitrogens with zero attached hydrogens (tertiary/aromatic N) is 3. The second kappa shape index (κ2) is 8.00. The third-order valence-corrected chi connectivity index (χ3v) is 6.54. The van der Waals surface area contributed by atoms with Crippen molar-refractivity contribution in [3.63, 3.8) is 0 Å². The third-order valence-electron chi connectivity index (χ3n) is 6.54. The lowest BCUT2D eigenvalue weighted by Gasteiger charge is -2.35. The van der Waals surface area contributed by atoms with Crippen LogP contribution < -0.4 is 5.32 Å². The van der Waals surface area contributed by atoms with Gasteiger partial charge in [0.25, 0.3) is 0 Å². The Bertz CT molecular complexity index is 1000. The van der Waals surface area contributed by atoms with Crippen LogP contribution in [0.2, 0.25) is 0 Å². The third kappa shape index (κ3) is 3.59. The minimum atomic E-state index is 0.128. The number of likely N-dealkylation sites (N-methyl/N-ethyl adjacent to an activating group) is 1. The molecule has 30 heavy (non-hydrogen) atoms. The number of ether oxygens (including phenoxy) is 2. The topological polar surface area (TPSA) is 59.5 Å². The Morgan fingerprint density at radius 3 is 2.63 bits per heavy atom. The van der Waals surface area contributed by atoms with Crippen molar-refractivity contribution >= 4 is 10.8 Å². The largest absolute Gasteiger partial charge is 0.381 e. The average Bonchev–Trinajstić information content (AvgIpc) is 3.43. The van der Waals surface area contributed by atoms with Crippen LogP contribution in [0.4, 0.5) is 0 Å². The molecular weight excluding hydrogens is 376 g/mol. The van der Waals surface area contributed by atoms with Crippen LogP contribution >= 0.6 is 0 Å². The number of fused-ring (bicyclic) bond motifs is 1. The molecule has 3 aliphatic heterocycles. The molecule has 2 aromatic rings. The van der Waals surface area contributed by atoms with E-state index >= 15 is 0 Å². The molecule has 0 radical (unpaired) electrons. The van der Waals surface area contributed by atoms with Crippen molar-refractivity contribution in [2.45, 2.75) is 38.8 Å². The van der Waals surface area contributed by atoms with Gasteiger partial charge in [0, 0.05) is 67.1 Å². The minimum absolute atomic E-state index is 0.128. The maximum absolute atomic E-state index is 5.74. The summed E-state index contributed by atoms with van der Waals surface area (Å²) in [6.45, 7) is 7.34. The molecule has 3 unspecified atom stereocenters. The van der Waals surface area contributed by atoms with Gasteiger partial charge in [0.1, 0.15) is 0 Å². The van der Waals surface area contributed by atoms with Crippen molar-refractivity contribution in [1.82, 2.24) is 20.2 Å². The molecule has 0 bridgehead atoms. The highest BCUT2D eigenvalue weighted by molar-refractivity contribution is 5.87. The summed E-state index contributed by atoms with van der Waals surface area (Å²) in [7, 11) is 2.15. The second-order valence-electron chi connectivity index (χ2n) is 8.71. The van der Waals surface area contributed by atoms with Crippen LogP contribution in [-0.2, 0) is 9.47 Å². The first kappa shape index (κ1) is 19.5. The Labute approximate surface area is 178 Å². The summed E-state index contributed by atoms with van der Waals surface area (Å²) in [5.74, 6) is 0.426. The molecule has 0 aliphatic carbocycles. The van der Waals surface area contributed by atoms with Gasteiger partial charge >= 0.3 is 0 Å². The lowest BCUT2D eigenvalue weighted by Crippen LogP contribution is -2.35. The van der Waals surface area contributed by atoms with Gasteiger partial charge in [-0.05, 0) is 43.7 Å². The van der Waals surface area contributed by atoms with Gasteiger partial charge in [-0.3, -0.25) is 9.97 Å². The zero-order chi connectivity index (χ0) is 20.7. The van der Waals surface area contributed by atoms with E-state index in [1.54, 1.807) is 0 Å². The summed E-state index contributed by atoms with van der Waals surface area (Å²) in [5.41, 5.74) is 5.84. The van der Waals surface area contributed by atoms with Crippen LogP contribution in [0.5, 0.6) is 0 Å². The Hall–Kier alpha value is -2.44. The Balaban J connectivity index is 1.56. The van der Waals surface area contributed by atoms with E-state index in [4.69, 9.17) is 14.5 Å². The fourth-order valence-corrected chi connectivity index (χ4v) is 4.80. The van der Waals surface area contributed by atoms with E-state index < -0.39 is 0 Å². The highest BCUT2D eigenvalue weighted by atomic mass is 16.5. The Kier molecular flexibility index (Phi) is 5.21. The Morgan fingerprint density at radius 1 is 1.03 bits per heavy atom. The van der Waals surface area contributed by atoms with Crippen molar-refractivity contribution < 1.29 is 9.47 Å². The average molecular weight is 407 g/mol. The van der Waals surface area contributed by atoms with Gasteiger partial charge in [0.2, 0.25) is 0 Å². The number of hydrogen-bond donors (Lipinski definition) is 1. The van der Waals surface area contributed by atoms with Crippen LogP contribution in [0.15, 0.2) is 42.0 Å². The van der Waals surface area contributed by atoms with Gasteiger partial charge in [-0.15, -0.1) is 0 Å². The van der Waals surface area contributed by atoms with Crippen LogP contribution in [-0.4, -0.2) is 54.4 Å². The molecule has 158 valence electrons. The molecule has 5 rings (SSSR count). The van der Waals surface area contributed by atoms with Gasteiger partial charge in [0.15, 0.2) is 0 Å². The molecule has 2 fully saturated rings. The molecule has 6 heteroatoms. The van der Waals surface area contributed by atoms with E-state index in [0.717, 1.165) is 56.0 Å². The molecule has 0 amide bonds. The number of nitrogens with one attached hydrogen (secondary N) is 1. The summed E-state index contributed by atoms with van der Waals surface area (Å²) in [5, 5.41) is 6.11. The Morgan fingerprint density at radius 2 is 1.87 bits per heavy atom. The van der Waals surface area contributed by atoms with E-state index in [1.807, 2.05) is 19.3 Å². The maximum atomic E-state index is 5.74. The molecule has 2 saturated heterocycles. The van der Waals surface area contributed by atoms with E-state index in [2.05, 4.69) is 47.5 Å². The van der Waals surface area contributed by atoms with Crippen molar-refractivity contribution in [3.05, 3.63) is 59.0 Å².